The van der Waals surface area contributed by atoms with E-state index in [0.29, 0.717) is 12.6 Å². The van der Waals surface area contributed by atoms with E-state index in [1.807, 2.05) is 13.0 Å². The van der Waals surface area contributed by atoms with Crippen LogP contribution in [0.3, 0.4) is 0 Å². The van der Waals surface area contributed by atoms with Crippen LogP contribution in [0.2, 0.25) is 4.34 Å². The number of hydrogen-bond donors (Lipinski definition) is 1. The summed E-state index contributed by atoms with van der Waals surface area (Å²) >= 11 is 7.89. The number of aryl methyl sites for hydroxylation is 1. The third-order valence-electron chi connectivity index (χ3n) is 3.85. The number of nitrogens with one attached hydrogen (secondary N) is 1. The Morgan fingerprint density at radius 3 is 3.14 bits per heavy atom. The zero-order valence-electron chi connectivity index (χ0n) is 12.2. The van der Waals surface area contributed by atoms with Gasteiger partial charge in [-0.3, -0.25) is 0 Å². The fraction of sp³-hybridized carbons (Fsp3) is 0.412. The van der Waals surface area contributed by atoms with E-state index in [1.165, 1.54) is 35.3 Å². The van der Waals surface area contributed by atoms with E-state index in [4.69, 9.17) is 16.3 Å². The van der Waals surface area contributed by atoms with Crippen LogP contribution >= 0.6 is 22.9 Å². The molecule has 1 aliphatic rings. The lowest BCUT2D eigenvalue weighted by atomic mass is 9.94. The SMILES string of the molecule is CCOc1cccc(CNC2CCCc3sc(Cl)cc32)c1. The molecule has 0 radical (unpaired) electrons. The minimum atomic E-state index is 0.424. The van der Waals surface area contributed by atoms with Crippen molar-refractivity contribution in [3.8, 4) is 5.75 Å². The Kier molecular flexibility index (Phi) is 4.84. The minimum Gasteiger partial charge on any atom is -0.494 e. The molecule has 1 atom stereocenters. The maximum atomic E-state index is 6.16. The van der Waals surface area contributed by atoms with Crippen LogP contribution < -0.4 is 10.1 Å². The first-order valence-corrected chi connectivity index (χ1v) is 8.69. The number of benzene rings is 1. The van der Waals surface area contributed by atoms with Crippen LogP contribution in [0.25, 0.3) is 0 Å². The summed E-state index contributed by atoms with van der Waals surface area (Å²) in [5.41, 5.74) is 2.66. The van der Waals surface area contributed by atoms with Gasteiger partial charge >= 0.3 is 0 Å². The Labute approximate surface area is 135 Å². The van der Waals surface area contributed by atoms with Gasteiger partial charge in [0.25, 0.3) is 0 Å². The van der Waals surface area contributed by atoms with Gasteiger partial charge in [0.05, 0.1) is 10.9 Å². The molecule has 4 heteroatoms. The Morgan fingerprint density at radius 2 is 2.29 bits per heavy atom. The van der Waals surface area contributed by atoms with Crippen molar-refractivity contribution in [1.82, 2.24) is 5.32 Å². The molecule has 21 heavy (non-hydrogen) atoms. The highest BCUT2D eigenvalue weighted by Crippen LogP contribution is 2.37. The Morgan fingerprint density at radius 1 is 1.38 bits per heavy atom. The van der Waals surface area contributed by atoms with E-state index in [9.17, 15) is 0 Å². The lowest BCUT2D eigenvalue weighted by molar-refractivity contribution is 0.339. The van der Waals surface area contributed by atoms with Crippen molar-refractivity contribution in [3.63, 3.8) is 0 Å². The van der Waals surface area contributed by atoms with Crippen molar-refractivity contribution in [2.75, 3.05) is 6.61 Å². The summed E-state index contributed by atoms with van der Waals surface area (Å²) < 4.78 is 6.46. The molecule has 1 aromatic heterocycles. The Bertz CT molecular complexity index is 611. The van der Waals surface area contributed by atoms with E-state index < -0.39 is 0 Å². The van der Waals surface area contributed by atoms with E-state index in [2.05, 4.69) is 29.6 Å². The average molecular weight is 322 g/mol. The molecule has 0 spiro atoms. The van der Waals surface area contributed by atoms with E-state index in [1.54, 1.807) is 11.3 Å². The predicted molar refractivity (Wildman–Crippen MR) is 89.5 cm³/mol. The van der Waals surface area contributed by atoms with Crippen LogP contribution in [0.5, 0.6) is 5.75 Å². The summed E-state index contributed by atoms with van der Waals surface area (Å²) in [5, 5.41) is 3.67. The predicted octanol–water partition coefficient (Wildman–Crippen LogP) is 4.97. The van der Waals surface area contributed by atoms with Crippen molar-refractivity contribution in [3.05, 3.63) is 50.7 Å². The normalized spacial score (nSPS) is 17.5. The molecule has 1 heterocycles. The largest absolute Gasteiger partial charge is 0.494 e. The monoisotopic (exact) mass is 321 g/mol. The van der Waals surface area contributed by atoms with Gasteiger partial charge in [0.15, 0.2) is 0 Å². The first-order chi connectivity index (χ1) is 10.3. The quantitative estimate of drug-likeness (QED) is 0.839. The zero-order chi connectivity index (χ0) is 14.7. The van der Waals surface area contributed by atoms with Gasteiger partial charge in [-0.05, 0) is 55.5 Å². The molecule has 1 N–H and O–H groups in total. The second-order valence-electron chi connectivity index (χ2n) is 5.34. The summed E-state index contributed by atoms with van der Waals surface area (Å²) in [7, 11) is 0. The van der Waals surface area contributed by atoms with Gasteiger partial charge in [-0.1, -0.05) is 23.7 Å². The van der Waals surface area contributed by atoms with Crippen LogP contribution in [0.15, 0.2) is 30.3 Å². The van der Waals surface area contributed by atoms with Crippen LogP contribution in [0.4, 0.5) is 0 Å². The van der Waals surface area contributed by atoms with Crippen molar-refractivity contribution in [1.29, 1.82) is 0 Å². The molecular weight excluding hydrogens is 302 g/mol. The first kappa shape index (κ1) is 14.9. The molecule has 0 saturated carbocycles. The molecule has 1 unspecified atom stereocenters. The van der Waals surface area contributed by atoms with Gasteiger partial charge in [-0.2, -0.15) is 0 Å². The van der Waals surface area contributed by atoms with Crippen molar-refractivity contribution >= 4 is 22.9 Å². The number of fused-ring (bicyclic) bond motifs is 1. The lowest BCUT2D eigenvalue weighted by Gasteiger charge is -2.23. The number of halogens is 1. The van der Waals surface area contributed by atoms with Crippen LogP contribution in [-0.4, -0.2) is 6.61 Å². The summed E-state index contributed by atoms with van der Waals surface area (Å²) in [6.45, 7) is 3.57. The molecule has 0 fully saturated rings. The average Bonchev–Trinajstić information content (AvgIpc) is 2.86. The van der Waals surface area contributed by atoms with Gasteiger partial charge in [0.2, 0.25) is 0 Å². The molecule has 112 valence electrons. The molecule has 0 aliphatic heterocycles. The third kappa shape index (κ3) is 3.60. The molecule has 1 aromatic carbocycles. The zero-order valence-corrected chi connectivity index (χ0v) is 13.8. The molecule has 1 aliphatic carbocycles. The fourth-order valence-electron chi connectivity index (χ4n) is 2.89. The highest BCUT2D eigenvalue weighted by molar-refractivity contribution is 7.16. The maximum absolute atomic E-state index is 6.16. The summed E-state index contributed by atoms with van der Waals surface area (Å²) in [6.07, 6.45) is 3.59. The summed E-state index contributed by atoms with van der Waals surface area (Å²) in [5.74, 6) is 0.944. The number of ether oxygens (including phenoxy) is 1. The first-order valence-electron chi connectivity index (χ1n) is 7.49. The van der Waals surface area contributed by atoms with Crippen LogP contribution in [0.1, 0.15) is 41.8 Å². The van der Waals surface area contributed by atoms with E-state index in [0.717, 1.165) is 16.6 Å². The molecule has 0 saturated heterocycles. The highest BCUT2D eigenvalue weighted by atomic mass is 35.5. The summed E-state index contributed by atoms with van der Waals surface area (Å²) in [4.78, 5) is 1.45. The summed E-state index contributed by atoms with van der Waals surface area (Å²) in [6, 6.07) is 10.9. The van der Waals surface area contributed by atoms with Crippen molar-refractivity contribution in [2.45, 2.75) is 38.8 Å². The lowest BCUT2D eigenvalue weighted by Crippen LogP contribution is -2.23. The Balaban J connectivity index is 1.67. The van der Waals surface area contributed by atoms with Gasteiger partial charge in [0, 0.05) is 17.5 Å². The molecule has 3 rings (SSSR count). The maximum Gasteiger partial charge on any atom is 0.119 e. The molecule has 0 amide bonds. The fourth-order valence-corrected chi connectivity index (χ4v) is 4.27. The molecule has 2 aromatic rings. The Hall–Kier alpha value is -1.03. The smallest absolute Gasteiger partial charge is 0.119 e. The van der Waals surface area contributed by atoms with Crippen LogP contribution in [-0.2, 0) is 13.0 Å². The third-order valence-corrected chi connectivity index (χ3v) is 5.19. The van der Waals surface area contributed by atoms with Gasteiger partial charge in [0.1, 0.15) is 5.75 Å². The highest BCUT2D eigenvalue weighted by Gasteiger charge is 2.22. The van der Waals surface area contributed by atoms with Gasteiger partial charge in [-0.25, -0.2) is 0 Å². The van der Waals surface area contributed by atoms with Crippen molar-refractivity contribution in [2.24, 2.45) is 0 Å². The standard InChI is InChI=1S/C17H20ClNOS/c1-2-20-13-6-3-5-12(9-13)11-19-15-7-4-8-16-14(15)10-17(18)21-16/h3,5-6,9-10,15,19H,2,4,7-8,11H2,1H3. The van der Waals surface area contributed by atoms with Crippen LogP contribution in [0, 0.1) is 0 Å². The second kappa shape index (κ2) is 6.82. The van der Waals surface area contributed by atoms with Crippen molar-refractivity contribution < 1.29 is 4.74 Å². The topological polar surface area (TPSA) is 21.3 Å². The van der Waals surface area contributed by atoms with Gasteiger partial charge < -0.3 is 10.1 Å². The van der Waals surface area contributed by atoms with E-state index in [-0.39, 0.29) is 0 Å². The number of hydrogen-bond acceptors (Lipinski definition) is 3. The second-order valence-corrected chi connectivity index (χ2v) is 7.10. The van der Waals surface area contributed by atoms with Gasteiger partial charge in [-0.15, -0.1) is 11.3 Å². The molecule has 2 nitrogen and oxygen atoms in total. The molecule has 0 bridgehead atoms. The number of thiophene rings is 1. The molecular formula is C17H20ClNOS. The van der Waals surface area contributed by atoms with E-state index >= 15 is 0 Å². The number of rotatable bonds is 5. The minimum absolute atomic E-state index is 0.424.